The molecule has 1 aliphatic carbocycles. The summed E-state index contributed by atoms with van der Waals surface area (Å²) in [6.07, 6.45) is 7.78. The van der Waals surface area contributed by atoms with Crippen molar-refractivity contribution in [3.8, 4) is 0 Å². The fourth-order valence-corrected chi connectivity index (χ4v) is 3.14. The molecule has 1 fully saturated rings. The Labute approximate surface area is 125 Å². The van der Waals surface area contributed by atoms with E-state index in [0.29, 0.717) is 6.04 Å². The van der Waals surface area contributed by atoms with Crippen LogP contribution in [0.1, 0.15) is 31.7 Å². The summed E-state index contributed by atoms with van der Waals surface area (Å²) in [4.78, 5) is 14.4. The highest BCUT2D eigenvalue weighted by Crippen LogP contribution is 2.33. The molecule has 1 aromatic carbocycles. The molecule has 0 bridgehead atoms. The number of anilines is 1. The Morgan fingerprint density at radius 2 is 1.86 bits per heavy atom. The molecule has 0 unspecified atom stereocenters. The summed E-state index contributed by atoms with van der Waals surface area (Å²) < 4.78 is 2.03. The first-order valence-corrected chi connectivity index (χ1v) is 7.57. The summed E-state index contributed by atoms with van der Waals surface area (Å²) >= 11 is 0. The minimum Gasteiger partial charge on any atom is -0.315 e. The monoisotopic (exact) mass is 283 g/mol. The zero-order valence-electron chi connectivity index (χ0n) is 12.4. The van der Waals surface area contributed by atoms with Gasteiger partial charge < -0.3 is 4.90 Å². The average Bonchev–Trinajstić information content (AvgIpc) is 3.09. The van der Waals surface area contributed by atoms with Gasteiger partial charge in [0.1, 0.15) is 0 Å². The molecule has 4 nitrogen and oxygen atoms in total. The second-order valence-corrected chi connectivity index (χ2v) is 5.72. The van der Waals surface area contributed by atoms with Crippen LogP contribution < -0.4 is 4.90 Å². The molecule has 1 aromatic heterocycles. The minimum absolute atomic E-state index is 0.141. The first kappa shape index (κ1) is 13.9. The van der Waals surface area contributed by atoms with E-state index in [4.69, 9.17) is 0 Å². The number of hydrogen-bond donors (Lipinski definition) is 0. The van der Waals surface area contributed by atoms with E-state index in [1.54, 1.807) is 4.90 Å². The SMILES string of the molecule is CN(C(=O)C1CCC(n2cccn2)CC1)c1ccccc1. The lowest BCUT2D eigenvalue weighted by Gasteiger charge is -2.30. The van der Waals surface area contributed by atoms with E-state index >= 15 is 0 Å². The molecule has 1 aliphatic rings. The molecule has 3 rings (SSSR count). The minimum atomic E-state index is 0.141. The van der Waals surface area contributed by atoms with Gasteiger partial charge in [-0.1, -0.05) is 18.2 Å². The Morgan fingerprint density at radius 3 is 2.48 bits per heavy atom. The van der Waals surface area contributed by atoms with Gasteiger partial charge in [0.05, 0.1) is 6.04 Å². The summed E-state index contributed by atoms with van der Waals surface area (Å²) in [5.41, 5.74) is 0.969. The van der Waals surface area contributed by atoms with E-state index in [1.165, 1.54) is 0 Å². The summed E-state index contributed by atoms with van der Waals surface area (Å²) in [6.45, 7) is 0. The van der Waals surface area contributed by atoms with Crippen LogP contribution in [0.2, 0.25) is 0 Å². The van der Waals surface area contributed by atoms with Crippen LogP contribution in [0.3, 0.4) is 0 Å². The van der Waals surface area contributed by atoms with Gasteiger partial charge in [0.2, 0.25) is 5.91 Å². The highest BCUT2D eigenvalue weighted by molar-refractivity contribution is 5.94. The van der Waals surface area contributed by atoms with Crippen LogP contribution in [-0.4, -0.2) is 22.7 Å². The van der Waals surface area contributed by atoms with Gasteiger partial charge in [0.15, 0.2) is 0 Å². The summed E-state index contributed by atoms with van der Waals surface area (Å²) in [5, 5.41) is 4.31. The molecule has 0 N–H and O–H groups in total. The number of carbonyl (C=O) groups excluding carboxylic acids is 1. The standard InChI is InChI=1S/C17H21N3O/c1-19(15-6-3-2-4-7-15)17(21)14-8-10-16(11-9-14)20-13-5-12-18-20/h2-7,12-14,16H,8-11H2,1H3. The van der Waals surface area contributed by atoms with Crippen LogP contribution in [0.15, 0.2) is 48.8 Å². The van der Waals surface area contributed by atoms with Crippen molar-refractivity contribution in [2.75, 3.05) is 11.9 Å². The van der Waals surface area contributed by atoms with Crippen LogP contribution in [0.25, 0.3) is 0 Å². The van der Waals surface area contributed by atoms with Crippen molar-refractivity contribution in [3.05, 3.63) is 48.8 Å². The Balaban J connectivity index is 1.60. The zero-order valence-corrected chi connectivity index (χ0v) is 12.4. The van der Waals surface area contributed by atoms with E-state index < -0.39 is 0 Å². The number of benzene rings is 1. The lowest BCUT2D eigenvalue weighted by molar-refractivity contribution is -0.123. The molecular weight excluding hydrogens is 262 g/mol. The lowest BCUT2D eigenvalue weighted by atomic mass is 9.85. The van der Waals surface area contributed by atoms with Crippen molar-refractivity contribution >= 4 is 11.6 Å². The summed E-state index contributed by atoms with van der Waals surface area (Å²) in [5.74, 6) is 0.377. The van der Waals surface area contributed by atoms with Gasteiger partial charge in [-0.05, 0) is 43.9 Å². The number of carbonyl (C=O) groups is 1. The fraction of sp³-hybridized carbons (Fsp3) is 0.412. The molecule has 2 aromatic rings. The number of amides is 1. The molecule has 4 heteroatoms. The third-order valence-corrected chi connectivity index (χ3v) is 4.42. The normalized spacial score (nSPS) is 22.0. The van der Waals surface area contributed by atoms with E-state index in [9.17, 15) is 4.79 Å². The Bertz CT molecular complexity index is 571. The maximum Gasteiger partial charge on any atom is 0.229 e. The van der Waals surface area contributed by atoms with Crippen LogP contribution in [-0.2, 0) is 4.79 Å². The first-order chi connectivity index (χ1) is 10.3. The van der Waals surface area contributed by atoms with Crippen LogP contribution >= 0.6 is 0 Å². The highest BCUT2D eigenvalue weighted by Gasteiger charge is 2.29. The van der Waals surface area contributed by atoms with Crippen LogP contribution in [0.5, 0.6) is 0 Å². The van der Waals surface area contributed by atoms with Gasteiger partial charge in [-0.3, -0.25) is 9.48 Å². The lowest BCUT2D eigenvalue weighted by Crippen LogP contribution is -2.35. The Morgan fingerprint density at radius 1 is 1.14 bits per heavy atom. The number of nitrogens with zero attached hydrogens (tertiary/aromatic N) is 3. The predicted molar refractivity (Wildman–Crippen MR) is 83.1 cm³/mol. The van der Waals surface area contributed by atoms with E-state index in [-0.39, 0.29) is 11.8 Å². The quantitative estimate of drug-likeness (QED) is 0.867. The predicted octanol–water partition coefficient (Wildman–Crippen LogP) is 3.28. The van der Waals surface area contributed by atoms with Gasteiger partial charge in [-0.2, -0.15) is 5.10 Å². The van der Waals surface area contributed by atoms with Crippen LogP contribution in [0, 0.1) is 5.92 Å². The maximum atomic E-state index is 12.6. The van der Waals surface area contributed by atoms with Gasteiger partial charge in [-0.15, -0.1) is 0 Å². The molecule has 1 saturated carbocycles. The molecule has 0 aliphatic heterocycles. The Hall–Kier alpha value is -2.10. The van der Waals surface area contributed by atoms with E-state index in [1.807, 2.05) is 60.5 Å². The maximum absolute atomic E-state index is 12.6. The van der Waals surface area contributed by atoms with E-state index in [0.717, 1.165) is 31.4 Å². The zero-order chi connectivity index (χ0) is 14.7. The third-order valence-electron chi connectivity index (χ3n) is 4.42. The molecule has 0 radical (unpaired) electrons. The number of rotatable bonds is 3. The first-order valence-electron chi connectivity index (χ1n) is 7.57. The number of para-hydroxylation sites is 1. The van der Waals surface area contributed by atoms with Crippen molar-refractivity contribution in [2.24, 2.45) is 5.92 Å². The molecule has 21 heavy (non-hydrogen) atoms. The number of hydrogen-bond acceptors (Lipinski definition) is 2. The van der Waals surface area contributed by atoms with Crippen molar-refractivity contribution in [1.82, 2.24) is 9.78 Å². The molecule has 0 saturated heterocycles. The van der Waals surface area contributed by atoms with E-state index in [2.05, 4.69) is 5.10 Å². The highest BCUT2D eigenvalue weighted by atomic mass is 16.2. The van der Waals surface area contributed by atoms with Gasteiger partial charge >= 0.3 is 0 Å². The number of aromatic nitrogens is 2. The molecular formula is C17H21N3O. The Kier molecular flexibility index (Phi) is 4.04. The second kappa shape index (κ2) is 6.12. The van der Waals surface area contributed by atoms with Gasteiger partial charge in [0, 0.05) is 31.0 Å². The molecule has 0 spiro atoms. The third kappa shape index (κ3) is 2.99. The average molecular weight is 283 g/mol. The van der Waals surface area contributed by atoms with Crippen molar-refractivity contribution in [3.63, 3.8) is 0 Å². The molecule has 110 valence electrons. The smallest absolute Gasteiger partial charge is 0.229 e. The molecule has 1 amide bonds. The molecule has 0 atom stereocenters. The fourth-order valence-electron chi connectivity index (χ4n) is 3.14. The summed E-state index contributed by atoms with van der Waals surface area (Å²) in [7, 11) is 1.87. The van der Waals surface area contributed by atoms with Gasteiger partial charge in [-0.25, -0.2) is 0 Å². The van der Waals surface area contributed by atoms with Crippen LogP contribution in [0.4, 0.5) is 5.69 Å². The topological polar surface area (TPSA) is 38.1 Å². The summed E-state index contributed by atoms with van der Waals surface area (Å²) in [6, 6.07) is 12.3. The largest absolute Gasteiger partial charge is 0.315 e. The van der Waals surface area contributed by atoms with Gasteiger partial charge in [0.25, 0.3) is 0 Å². The van der Waals surface area contributed by atoms with Crippen molar-refractivity contribution in [1.29, 1.82) is 0 Å². The van der Waals surface area contributed by atoms with Crippen molar-refractivity contribution < 1.29 is 4.79 Å². The molecule has 1 heterocycles. The van der Waals surface area contributed by atoms with Crippen molar-refractivity contribution in [2.45, 2.75) is 31.7 Å². The second-order valence-electron chi connectivity index (χ2n) is 5.72.